The lowest BCUT2D eigenvalue weighted by atomic mass is 10.2. The topological polar surface area (TPSA) is 40.6 Å². The summed E-state index contributed by atoms with van der Waals surface area (Å²) >= 11 is 6.00. The molecule has 0 radical (unpaired) electrons. The molecule has 1 aliphatic rings. The second-order valence-electron chi connectivity index (χ2n) is 6.14. The first-order valence-corrected chi connectivity index (χ1v) is 9.77. The predicted octanol–water partition coefficient (Wildman–Crippen LogP) is 3.47. The highest BCUT2D eigenvalue weighted by Gasteiger charge is 2.28. The van der Waals surface area contributed by atoms with Gasteiger partial charge in [-0.3, -0.25) is 0 Å². The van der Waals surface area contributed by atoms with Crippen molar-refractivity contribution in [1.82, 2.24) is 4.31 Å². The summed E-state index contributed by atoms with van der Waals surface area (Å²) in [6.45, 7) is 6.23. The van der Waals surface area contributed by atoms with Gasteiger partial charge in [0.1, 0.15) is 0 Å². The zero-order chi connectivity index (χ0) is 17.3. The van der Waals surface area contributed by atoms with Crippen LogP contribution in [0.1, 0.15) is 11.1 Å². The van der Waals surface area contributed by atoms with Crippen molar-refractivity contribution in [3.05, 3.63) is 58.6 Å². The van der Waals surface area contributed by atoms with E-state index in [-0.39, 0.29) is 0 Å². The van der Waals surface area contributed by atoms with Crippen LogP contribution < -0.4 is 4.90 Å². The second kappa shape index (κ2) is 6.75. The number of sulfonamides is 1. The first kappa shape index (κ1) is 17.3. The minimum Gasteiger partial charge on any atom is -0.369 e. The van der Waals surface area contributed by atoms with Gasteiger partial charge in [-0.05, 0) is 55.3 Å². The van der Waals surface area contributed by atoms with Crippen LogP contribution in [0.5, 0.6) is 0 Å². The van der Waals surface area contributed by atoms with E-state index in [1.807, 2.05) is 13.0 Å². The van der Waals surface area contributed by atoms with Gasteiger partial charge in [-0.1, -0.05) is 23.7 Å². The van der Waals surface area contributed by atoms with Gasteiger partial charge in [0.2, 0.25) is 10.0 Å². The summed E-state index contributed by atoms with van der Waals surface area (Å²) < 4.78 is 27.2. The lowest BCUT2D eigenvalue weighted by molar-refractivity contribution is 0.385. The van der Waals surface area contributed by atoms with Crippen LogP contribution in [0.15, 0.2) is 47.4 Å². The SMILES string of the molecule is Cc1cccc(N2CCN(S(=O)(=O)c3ccc(Cl)c(C)c3)CC2)c1. The molecular formula is C18H21ClN2O2S. The molecule has 0 aliphatic carbocycles. The zero-order valence-corrected chi connectivity index (χ0v) is 15.4. The Morgan fingerprint density at radius 2 is 1.67 bits per heavy atom. The van der Waals surface area contributed by atoms with Gasteiger partial charge in [-0.2, -0.15) is 4.31 Å². The van der Waals surface area contributed by atoms with Crippen molar-refractivity contribution in [3.63, 3.8) is 0 Å². The molecule has 128 valence electrons. The first-order valence-electron chi connectivity index (χ1n) is 7.96. The molecule has 4 nitrogen and oxygen atoms in total. The largest absolute Gasteiger partial charge is 0.369 e. The summed E-state index contributed by atoms with van der Waals surface area (Å²) in [5.74, 6) is 0. The Labute approximate surface area is 148 Å². The van der Waals surface area contributed by atoms with Gasteiger partial charge in [0.05, 0.1) is 4.90 Å². The summed E-state index contributed by atoms with van der Waals surface area (Å²) in [7, 11) is -3.47. The van der Waals surface area contributed by atoms with Crippen molar-refractivity contribution < 1.29 is 8.42 Å². The maximum absolute atomic E-state index is 12.8. The number of nitrogens with zero attached hydrogens (tertiary/aromatic N) is 2. The smallest absolute Gasteiger partial charge is 0.243 e. The number of hydrogen-bond acceptors (Lipinski definition) is 3. The molecule has 1 fully saturated rings. The third kappa shape index (κ3) is 3.43. The Bertz CT molecular complexity index is 844. The van der Waals surface area contributed by atoms with Crippen LogP contribution in [0.25, 0.3) is 0 Å². The highest BCUT2D eigenvalue weighted by molar-refractivity contribution is 7.89. The van der Waals surface area contributed by atoms with E-state index in [1.54, 1.807) is 22.5 Å². The van der Waals surface area contributed by atoms with Crippen LogP contribution in [-0.4, -0.2) is 38.9 Å². The normalized spacial score (nSPS) is 16.4. The highest BCUT2D eigenvalue weighted by Crippen LogP contribution is 2.24. The minimum absolute atomic E-state index is 0.313. The van der Waals surface area contributed by atoms with Gasteiger partial charge in [0.15, 0.2) is 0 Å². The highest BCUT2D eigenvalue weighted by atomic mass is 35.5. The van der Waals surface area contributed by atoms with E-state index >= 15 is 0 Å². The van der Waals surface area contributed by atoms with Gasteiger partial charge in [0.25, 0.3) is 0 Å². The van der Waals surface area contributed by atoms with Gasteiger partial charge in [-0.15, -0.1) is 0 Å². The fourth-order valence-electron chi connectivity index (χ4n) is 2.94. The third-order valence-electron chi connectivity index (χ3n) is 4.37. The summed E-state index contributed by atoms with van der Waals surface area (Å²) in [5, 5.41) is 0.582. The molecule has 1 saturated heterocycles. The van der Waals surface area contributed by atoms with E-state index in [0.29, 0.717) is 36.1 Å². The molecule has 2 aromatic rings. The maximum atomic E-state index is 12.8. The van der Waals surface area contributed by atoms with Crippen LogP contribution in [0, 0.1) is 13.8 Å². The van der Waals surface area contributed by atoms with Crippen molar-refractivity contribution in [3.8, 4) is 0 Å². The van der Waals surface area contributed by atoms with Crippen molar-refractivity contribution >= 4 is 27.3 Å². The molecular weight excluding hydrogens is 344 g/mol. The minimum atomic E-state index is -3.47. The Kier molecular flexibility index (Phi) is 4.85. The molecule has 1 aliphatic heterocycles. The Hall–Kier alpha value is -1.56. The molecule has 0 atom stereocenters. The maximum Gasteiger partial charge on any atom is 0.243 e. The molecule has 0 bridgehead atoms. The quantitative estimate of drug-likeness (QED) is 0.837. The van der Waals surface area contributed by atoms with E-state index in [1.165, 1.54) is 5.56 Å². The lowest BCUT2D eigenvalue weighted by Crippen LogP contribution is -2.48. The first-order chi connectivity index (χ1) is 11.4. The number of halogens is 1. The van der Waals surface area contributed by atoms with E-state index < -0.39 is 10.0 Å². The summed E-state index contributed by atoms with van der Waals surface area (Å²) in [6.07, 6.45) is 0. The van der Waals surface area contributed by atoms with Gasteiger partial charge >= 0.3 is 0 Å². The number of aryl methyl sites for hydroxylation is 2. The van der Waals surface area contributed by atoms with Gasteiger partial charge in [-0.25, -0.2) is 8.42 Å². The molecule has 0 saturated carbocycles. The summed E-state index contributed by atoms with van der Waals surface area (Å²) in [4.78, 5) is 2.54. The summed E-state index contributed by atoms with van der Waals surface area (Å²) in [5.41, 5.74) is 3.13. The standard InChI is InChI=1S/C18H21ClN2O2S/c1-14-4-3-5-16(12-14)20-8-10-21(11-9-20)24(22,23)17-6-7-18(19)15(2)13-17/h3-7,12-13H,8-11H2,1-2H3. The molecule has 0 N–H and O–H groups in total. The Morgan fingerprint density at radius 3 is 2.29 bits per heavy atom. The van der Waals surface area contributed by atoms with E-state index in [9.17, 15) is 8.42 Å². The van der Waals surface area contributed by atoms with Crippen LogP contribution >= 0.6 is 11.6 Å². The van der Waals surface area contributed by atoms with Crippen molar-refractivity contribution in [2.24, 2.45) is 0 Å². The Balaban J connectivity index is 1.74. The number of piperazine rings is 1. The molecule has 0 spiro atoms. The molecule has 3 rings (SSSR count). The number of rotatable bonds is 3. The predicted molar refractivity (Wildman–Crippen MR) is 98.3 cm³/mol. The second-order valence-corrected chi connectivity index (χ2v) is 8.49. The molecule has 1 heterocycles. The number of benzene rings is 2. The molecule has 2 aromatic carbocycles. The van der Waals surface area contributed by atoms with Gasteiger partial charge in [0, 0.05) is 36.9 Å². The van der Waals surface area contributed by atoms with E-state index in [2.05, 4.69) is 30.0 Å². The van der Waals surface area contributed by atoms with Crippen molar-refractivity contribution in [2.75, 3.05) is 31.1 Å². The van der Waals surface area contributed by atoms with Crippen LogP contribution in [-0.2, 0) is 10.0 Å². The lowest BCUT2D eigenvalue weighted by Gasteiger charge is -2.35. The average molecular weight is 365 g/mol. The molecule has 0 aromatic heterocycles. The van der Waals surface area contributed by atoms with Crippen molar-refractivity contribution in [2.45, 2.75) is 18.7 Å². The van der Waals surface area contributed by atoms with E-state index in [4.69, 9.17) is 11.6 Å². The van der Waals surface area contributed by atoms with Crippen molar-refractivity contribution in [1.29, 1.82) is 0 Å². The average Bonchev–Trinajstić information content (AvgIpc) is 2.57. The summed E-state index contributed by atoms with van der Waals surface area (Å²) in [6, 6.07) is 13.2. The molecule has 24 heavy (non-hydrogen) atoms. The van der Waals surface area contributed by atoms with Gasteiger partial charge < -0.3 is 4.90 Å². The molecule has 0 unspecified atom stereocenters. The molecule has 0 amide bonds. The monoisotopic (exact) mass is 364 g/mol. The van der Waals surface area contributed by atoms with Crippen LogP contribution in [0.3, 0.4) is 0 Å². The third-order valence-corrected chi connectivity index (χ3v) is 6.69. The van der Waals surface area contributed by atoms with Crippen LogP contribution in [0.2, 0.25) is 5.02 Å². The fourth-order valence-corrected chi connectivity index (χ4v) is 4.56. The van der Waals surface area contributed by atoms with E-state index in [0.717, 1.165) is 11.3 Å². The molecule has 6 heteroatoms. The fraction of sp³-hybridized carbons (Fsp3) is 0.333. The number of hydrogen-bond donors (Lipinski definition) is 0. The number of anilines is 1. The van der Waals surface area contributed by atoms with Crippen LogP contribution in [0.4, 0.5) is 5.69 Å². The Morgan fingerprint density at radius 1 is 0.958 bits per heavy atom. The zero-order valence-electron chi connectivity index (χ0n) is 13.9.